The van der Waals surface area contributed by atoms with Gasteiger partial charge in [0.1, 0.15) is 0 Å². The van der Waals surface area contributed by atoms with Gasteiger partial charge < -0.3 is 0 Å². The first-order chi connectivity index (χ1) is 4.29. The third kappa shape index (κ3) is 1.58. The Morgan fingerprint density at radius 1 is 1.89 bits per heavy atom. The maximum absolute atomic E-state index is 12.6. The number of rotatable bonds is 3. The summed E-state index contributed by atoms with van der Waals surface area (Å²) in [6.45, 7) is 3.05. The summed E-state index contributed by atoms with van der Waals surface area (Å²) in [5.74, 6) is 0. The first-order valence-corrected chi connectivity index (χ1v) is 4.51. The minimum Gasteiger partial charge on any atom is -0.260 e. The zero-order chi connectivity index (χ0) is 6.85. The fourth-order valence-corrected chi connectivity index (χ4v) is 1.47. The van der Waals surface area contributed by atoms with Crippen LogP contribution < -0.4 is 0 Å². The Bertz CT molecular complexity index is 99.1. The zero-order valence-electron chi connectivity index (χ0n) is 5.80. The smallest absolute Gasteiger partial charge is 0.200 e. The van der Waals surface area contributed by atoms with Crippen molar-refractivity contribution < 1.29 is 4.39 Å². The van der Waals surface area contributed by atoms with Crippen molar-refractivity contribution in [3.63, 3.8) is 0 Å². The molecule has 0 aliphatic carbocycles. The maximum atomic E-state index is 12.6. The third-order valence-corrected chi connectivity index (χ3v) is 2.34. The van der Waals surface area contributed by atoms with Crippen molar-refractivity contribution >= 4 is 11.8 Å². The van der Waals surface area contributed by atoms with E-state index in [1.54, 1.807) is 6.26 Å². The number of hydrogen-bond acceptors (Lipinski definition) is 2. The molecule has 0 spiro atoms. The van der Waals surface area contributed by atoms with E-state index in [0.29, 0.717) is 6.04 Å². The Hall–Kier alpha value is 0.240. The lowest BCUT2D eigenvalue weighted by Gasteiger charge is -2.04. The molecule has 0 saturated carbocycles. The van der Waals surface area contributed by atoms with Crippen molar-refractivity contribution in [2.24, 2.45) is 0 Å². The highest BCUT2D eigenvalue weighted by Gasteiger charge is 2.37. The molecule has 3 heteroatoms. The fraction of sp³-hybridized carbons (Fsp3) is 1.00. The van der Waals surface area contributed by atoms with Gasteiger partial charge in [-0.3, -0.25) is 4.90 Å². The van der Waals surface area contributed by atoms with Crippen LogP contribution in [0.1, 0.15) is 13.3 Å². The van der Waals surface area contributed by atoms with Crippen LogP contribution >= 0.6 is 11.8 Å². The monoisotopic (exact) mass is 149 g/mol. The molecule has 1 saturated heterocycles. The van der Waals surface area contributed by atoms with Crippen molar-refractivity contribution in [1.29, 1.82) is 0 Å². The molecule has 0 radical (unpaired) electrons. The van der Waals surface area contributed by atoms with Gasteiger partial charge in [0.15, 0.2) is 0 Å². The Labute approximate surface area is 59.6 Å². The SMILES string of the molecule is CCC1CN1C(F)SC. The van der Waals surface area contributed by atoms with Crippen LogP contribution in [-0.2, 0) is 0 Å². The summed E-state index contributed by atoms with van der Waals surface area (Å²) in [6.07, 6.45) is 2.89. The highest BCUT2D eigenvalue weighted by Crippen LogP contribution is 2.29. The van der Waals surface area contributed by atoms with Crippen LogP contribution in [0, 0.1) is 0 Å². The van der Waals surface area contributed by atoms with E-state index >= 15 is 0 Å². The number of thioether (sulfide) groups is 1. The summed E-state index contributed by atoms with van der Waals surface area (Å²) >= 11 is 1.27. The quantitative estimate of drug-likeness (QED) is 0.443. The van der Waals surface area contributed by atoms with Crippen LogP contribution in [0.15, 0.2) is 0 Å². The second kappa shape index (κ2) is 2.88. The summed E-state index contributed by atoms with van der Waals surface area (Å²) in [7, 11) is 0. The average Bonchev–Trinajstić information content (AvgIpc) is 2.64. The molecule has 0 N–H and O–H groups in total. The number of halogens is 1. The van der Waals surface area contributed by atoms with Gasteiger partial charge in [-0.05, 0) is 12.7 Å². The van der Waals surface area contributed by atoms with Crippen LogP contribution in [0.2, 0.25) is 0 Å². The average molecular weight is 149 g/mol. The van der Waals surface area contributed by atoms with E-state index in [0.717, 1.165) is 13.0 Å². The molecule has 1 aliphatic rings. The van der Waals surface area contributed by atoms with Gasteiger partial charge in [0.05, 0.1) is 0 Å². The third-order valence-electron chi connectivity index (χ3n) is 1.68. The lowest BCUT2D eigenvalue weighted by molar-refractivity contribution is 0.282. The van der Waals surface area contributed by atoms with Gasteiger partial charge in [0.2, 0.25) is 5.63 Å². The predicted molar refractivity (Wildman–Crippen MR) is 39.2 cm³/mol. The van der Waals surface area contributed by atoms with Crippen molar-refractivity contribution in [3.05, 3.63) is 0 Å². The summed E-state index contributed by atoms with van der Waals surface area (Å²) in [4.78, 5) is 1.87. The van der Waals surface area contributed by atoms with E-state index in [1.165, 1.54) is 11.8 Å². The Balaban J connectivity index is 2.17. The van der Waals surface area contributed by atoms with Crippen molar-refractivity contribution in [2.75, 3.05) is 12.8 Å². The topological polar surface area (TPSA) is 3.01 Å². The minimum atomic E-state index is -0.755. The molecule has 1 heterocycles. The molecule has 0 bridgehead atoms. The molecule has 3 atom stereocenters. The minimum absolute atomic E-state index is 0.535. The summed E-state index contributed by atoms with van der Waals surface area (Å²) in [5, 5.41) is 0. The maximum Gasteiger partial charge on any atom is 0.200 e. The first kappa shape index (κ1) is 7.35. The second-order valence-corrected chi connectivity index (χ2v) is 3.15. The van der Waals surface area contributed by atoms with Gasteiger partial charge >= 0.3 is 0 Å². The molecule has 3 unspecified atom stereocenters. The molecule has 1 rings (SSSR count). The van der Waals surface area contributed by atoms with Crippen LogP contribution in [0.3, 0.4) is 0 Å². The molecule has 9 heavy (non-hydrogen) atoms. The van der Waals surface area contributed by atoms with Gasteiger partial charge in [-0.1, -0.05) is 6.92 Å². The standard InChI is InChI=1S/C6H12FNS/c1-3-5-4-8(5)6(7)9-2/h5-6H,3-4H2,1-2H3. The van der Waals surface area contributed by atoms with Crippen molar-refractivity contribution in [3.8, 4) is 0 Å². The highest BCUT2D eigenvalue weighted by atomic mass is 32.2. The first-order valence-electron chi connectivity index (χ1n) is 3.22. The number of alkyl halides is 1. The number of hydrogen-bond donors (Lipinski definition) is 0. The summed E-state index contributed by atoms with van der Waals surface area (Å²) < 4.78 is 12.6. The largest absolute Gasteiger partial charge is 0.260 e. The number of nitrogens with zero attached hydrogens (tertiary/aromatic N) is 1. The molecular weight excluding hydrogens is 137 g/mol. The molecule has 1 fully saturated rings. The van der Waals surface area contributed by atoms with Crippen molar-refractivity contribution in [2.45, 2.75) is 25.0 Å². The van der Waals surface area contributed by atoms with E-state index in [-0.39, 0.29) is 0 Å². The van der Waals surface area contributed by atoms with Gasteiger partial charge in [-0.2, -0.15) is 0 Å². The van der Waals surface area contributed by atoms with Crippen LogP contribution in [0.4, 0.5) is 4.39 Å². The Kier molecular flexibility index (Phi) is 2.35. The molecule has 0 aromatic rings. The molecule has 1 nitrogen and oxygen atoms in total. The fourth-order valence-electron chi connectivity index (χ4n) is 0.944. The van der Waals surface area contributed by atoms with E-state index < -0.39 is 5.63 Å². The molecule has 54 valence electrons. The van der Waals surface area contributed by atoms with Gasteiger partial charge in [0, 0.05) is 12.6 Å². The second-order valence-electron chi connectivity index (χ2n) is 2.29. The zero-order valence-corrected chi connectivity index (χ0v) is 6.62. The van der Waals surface area contributed by atoms with E-state index in [4.69, 9.17) is 0 Å². The highest BCUT2D eigenvalue weighted by molar-refractivity contribution is 7.99. The molecule has 0 amide bonds. The predicted octanol–water partition coefficient (Wildman–Crippen LogP) is 1.70. The van der Waals surface area contributed by atoms with Gasteiger partial charge in [-0.25, -0.2) is 4.39 Å². The summed E-state index contributed by atoms with van der Waals surface area (Å²) in [5.41, 5.74) is -0.755. The van der Waals surface area contributed by atoms with Crippen LogP contribution in [-0.4, -0.2) is 29.4 Å². The van der Waals surface area contributed by atoms with E-state index in [1.807, 2.05) is 4.90 Å². The normalized spacial score (nSPS) is 36.3. The molecule has 1 aliphatic heterocycles. The van der Waals surface area contributed by atoms with E-state index in [2.05, 4.69) is 6.92 Å². The Morgan fingerprint density at radius 2 is 2.56 bits per heavy atom. The molecule has 0 aromatic carbocycles. The van der Waals surface area contributed by atoms with E-state index in [9.17, 15) is 4.39 Å². The Morgan fingerprint density at radius 3 is 2.89 bits per heavy atom. The van der Waals surface area contributed by atoms with Gasteiger partial charge in [-0.15, -0.1) is 11.8 Å². The van der Waals surface area contributed by atoms with Crippen molar-refractivity contribution in [1.82, 2.24) is 4.90 Å². The lowest BCUT2D eigenvalue weighted by Crippen LogP contribution is -2.09. The van der Waals surface area contributed by atoms with Crippen LogP contribution in [0.25, 0.3) is 0 Å². The summed E-state index contributed by atoms with van der Waals surface area (Å²) in [6, 6.07) is 0.535. The molecule has 0 aromatic heterocycles. The van der Waals surface area contributed by atoms with Gasteiger partial charge in [0.25, 0.3) is 0 Å². The lowest BCUT2D eigenvalue weighted by atomic mass is 10.4. The molecular formula is C6H12FNS. The van der Waals surface area contributed by atoms with Crippen LogP contribution in [0.5, 0.6) is 0 Å².